The van der Waals surface area contributed by atoms with Crippen LogP contribution >= 0.6 is 0 Å². The van der Waals surface area contributed by atoms with E-state index in [2.05, 4.69) is 16.3 Å². The van der Waals surface area contributed by atoms with E-state index in [0.717, 1.165) is 16.7 Å². The smallest absolute Gasteiger partial charge is 0.186 e. The number of hydrogen-bond donors (Lipinski definition) is 0. The van der Waals surface area contributed by atoms with Gasteiger partial charge in [0.2, 0.25) is 0 Å². The van der Waals surface area contributed by atoms with Gasteiger partial charge in [-0.25, -0.2) is 0 Å². The van der Waals surface area contributed by atoms with Crippen LogP contribution in [0.1, 0.15) is 47.1 Å². The Balaban J connectivity index is 2.37. The molecule has 0 saturated carbocycles. The molecular formula is C22H25N3O. The third-order valence-electron chi connectivity index (χ3n) is 4.10. The third-order valence-corrected chi connectivity index (χ3v) is 4.10. The summed E-state index contributed by atoms with van der Waals surface area (Å²) in [6.07, 6.45) is 5.47. The topological polar surface area (TPSA) is 65.6 Å². The summed E-state index contributed by atoms with van der Waals surface area (Å²) in [5.74, 6) is 0.103. The summed E-state index contributed by atoms with van der Waals surface area (Å²) in [6.45, 7) is 12.2. The van der Waals surface area contributed by atoms with Crippen molar-refractivity contribution < 1.29 is 4.79 Å². The van der Waals surface area contributed by atoms with Crippen LogP contribution in [0.2, 0.25) is 0 Å². The average molecular weight is 347 g/mol. The average Bonchev–Trinajstić information content (AvgIpc) is 2.54. The Morgan fingerprint density at radius 2 is 1.42 bits per heavy atom. The van der Waals surface area contributed by atoms with Crippen molar-refractivity contribution in [2.45, 2.75) is 41.5 Å². The van der Waals surface area contributed by atoms with Gasteiger partial charge in [-0.05, 0) is 52.8 Å². The van der Waals surface area contributed by atoms with Crippen LogP contribution in [0.5, 0.6) is 0 Å². The number of hydrogen-bond acceptors (Lipinski definition) is 4. The van der Waals surface area contributed by atoms with Gasteiger partial charge in [-0.2, -0.15) is 15.5 Å². The number of benzene rings is 1. The minimum atomic E-state index is -0.245. The van der Waals surface area contributed by atoms with Crippen molar-refractivity contribution in [3.63, 3.8) is 0 Å². The molecule has 0 spiro atoms. The highest BCUT2D eigenvalue weighted by molar-refractivity contribution is 6.11. The minimum absolute atomic E-state index is 0.103. The van der Waals surface area contributed by atoms with Gasteiger partial charge in [0.25, 0.3) is 0 Å². The largest absolute Gasteiger partial charge is 0.289 e. The molecule has 0 bridgehead atoms. The van der Waals surface area contributed by atoms with E-state index in [1.165, 1.54) is 0 Å². The standard InChI is InChI=1S/C22H25N3O/c1-21(2,3)18-11-16(12-19(20(18)26)22(4,5)6)14-24-25-17-9-7-15(13-23)8-10-17/h7-12,14H,1-6H3. The zero-order chi connectivity index (χ0) is 19.5. The predicted octanol–water partition coefficient (Wildman–Crippen LogP) is 6.05. The summed E-state index contributed by atoms with van der Waals surface area (Å²) in [6, 6.07) is 8.98. The maximum Gasteiger partial charge on any atom is 0.186 e. The Hall–Kier alpha value is -2.80. The summed E-state index contributed by atoms with van der Waals surface area (Å²) in [5, 5.41) is 17.1. The van der Waals surface area contributed by atoms with Gasteiger partial charge in [0.15, 0.2) is 5.78 Å². The molecule has 0 fully saturated rings. The summed E-state index contributed by atoms with van der Waals surface area (Å²) < 4.78 is 0. The lowest BCUT2D eigenvalue weighted by atomic mass is 9.72. The molecule has 0 N–H and O–H groups in total. The van der Waals surface area contributed by atoms with Crippen LogP contribution in [-0.2, 0) is 4.79 Å². The molecule has 0 unspecified atom stereocenters. The highest BCUT2D eigenvalue weighted by Crippen LogP contribution is 2.38. The minimum Gasteiger partial charge on any atom is -0.289 e. The normalized spacial score (nSPS) is 15.6. The summed E-state index contributed by atoms with van der Waals surface area (Å²) in [7, 11) is 0. The molecule has 1 aliphatic rings. The van der Waals surface area contributed by atoms with E-state index in [9.17, 15) is 4.79 Å². The Labute approximate surface area is 155 Å². The Kier molecular flexibility index (Phi) is 5.41. The molecule has 4 nitrogen and oxygen atoms in total. The van der Waals surface area contributed by atoms with Gasteiger partial charge in [-0.15, -0.1) is 0 Å². The molecule has 0 radical (unpaired) electrons. The van der Waals surface area contributed by atoms with Gasteiger partial charge in [0.1, 0.15) is 0 Å². The molecule has 0 amide bonds. The van der Waals surface area contributed by atoms with Crippen LogP contribution < -0.4 is 0 Å². The molecule has 0 heterocycles. The first kappa shape index (κ1) is 19.5. The van der Waals surface area contributed by atoms with E-state index in [1.807, 2.05) is 53.7 Å². The van der Waals surface area contributed by atoms with Crippen molar-refractivity contribution in [1.82, 2.24) is 0 Å². The second kappa shape index (κ2) is 7.21. The molecule has 0 aliphatic heterocycles. The van der Waals surface area contributed by atoms with Gasteiger partial charge in [-0.1, -0.05) is 41.5 Å². The Morgan fingerprint density at radius 1 is 0.923 bits per heavy atom. The summed E-state index contributed by atoms with van der Waals surface area (Å²) in [5.41, 5.74) is 3.19. The highest BCUT2D eigenvalue weighted by Gasteiger charge is 2.33. The summed E-state index contributed by atoms with van der Waals surface area (Å²) >= 11 is 0. The molecule has 134 valence electrons. The lowest BCUT2D eigenvalue weighted by Crippen LogP contribution is -2.27. The first-order chi connectivity index (χ1) is 12.0. The number of carbonyl (C=O) groups is 1. The number of azo groups is 1. The molecule has 1 aromatic carbocycles. The quantitative estimate of drug-likeness (QED) is 0.611. The third kappa shape index (κ3) is 4.64. The Morgan fingerprint density at radius 3 is 1.85 bits per heavy atom. The van der Waals surface area contributed by atoms with Crippen LogP contribution in [0.3, 0.4) is 0 Å². The number of nitrogens with zero attached hydrogens (tertiary/aromatic N) is 3. The van der Waals surface area contributed by atoms with Crippen molar-refractivity contribution in [3.8, 4) is 6.07 Å². The van der Waals surface area contributed by atoms with Gasteiger partial charge < -0.3 is 0 Å². The second-order valence-corrected chi connectivity index (χ2v) is 8.45. The van der Waals surface area contributed by atoms with Crippen molar-refractivity contribution >= 4 is 11.5 Å². The van der Waals surface area contributed by atoms with Crippen molar-refractivity contribution in [1.29, 1.82) is 5.26 Å². The van der Waals surface area contributed by atoms with Crippen molar-refractivity contribution in [2.24, 2.45) is 21.1 Å². The molecule has 26 heavy (non-hydrogen) atoms. The molecule has 1 aromatic rings. The SMILES string of the molecule is CC(C)(C)C1=CC(=CN=Nc2ccc(C#N)cc2)C=C(C(C)(C)C)C1=O. The lowest BCUT2D eigenvalue weighted by Gasteiger charge is -2.31. The highest BCUT2D eigenvalue weighted by atomic mass is 16.1. The van der Waals surface area contributed by atoms with Gasteiger partial charge in [0.05, 0.1) is 23.5 Å². The number of carbonyl (C=O) groups excluding carboxylic acids is 1. The predicted molar refractivity (Wildman–Crippen MR) is 104 cm³/mol. The van der Waals surface area contributed by atoms with Crippen LogP contribution in [0.4, 0.5) is 5.69 Å². The number of ketones is 1. The fourth-order valence-electron chi connectivity index (χ4n) is 2.60. The van der Waals surface area contributed by atoms with Gasteiger partial charge in [0, 0.05) is 11.1 Å². The van der Waals surface area contributed by atoms with Crippen molar-refractivity contribution in [3.05, 3.63) is 64.9 Å². The van der Waals surface area contributed by atoms with Crippen LogP contribution in [-0.4, -0.2) is 5.78 Å². The maximum absolute atomic E-state index is 12.9. The molecule has 0 aromatic heterocycles. The summed E-state index contributed by atoms with van der Waals surface area (Å²) in [4.78, 5) is 12.9. The van der Waals surface area contributed by atoms with E-state index >= 15 is 0 Å². The number of rotatable bonds is 2. The molecule has 2 rings (SSSR count). The fraction of sp³-hybridized carbons (Fsp3) is 0.364. The van der Waals surface area contributed by atoms with E-state index in [1.54, 1.807) is 30.5 Å². The van der Waals surface area contributed by atoms with E-state index < -0.39 is 0 Å². The monoisotopic (exact) mass is 347 g/mol. The molecule has 1 aliphatic carbocycles. The van der Waals surface area contributed by atoms with Crippen LogP contribution in [0.15, 0.2) is 69.6 Å². The van der Waals surface area contributed by atoms with Crippen LogP contribution in [0.25, 0.3) is 0 Å². The first-order valence-corrected chi connectivity index (χ1v) is 8.62. The number of Topliss-reactive ketones (excluding diaryl/α,β-unsaturated/α-hetero) is 1. The zero-order valence-electron chi connectivity index (χ0n) is 16.3. The lowest BCUT2D eigenvalue weighted by molar-refractivity contribution is -0.114. The van der Waals surface area contributed by atoms with Gasteiger partial charge >= 0.3 is 0 Å². The van der Waals surface area contributed by atoms with Gasteiger partial charge in [-0.3, -0.25) is 4.79 Å². The Bertz CT molecular complexity index is 826. The van der Waals surface area contributed by atoms with E-state index in [-0.39, 0.29) is 16.6 Å². The number of allylic oxidation sites excluding steroid dienone is 5. The second-order valence-electron chi connectivity index (χ2n) is 8.45. The van der Waals surface area contributed by atoms with Crippen LogP contribution in [0, 0.1) is 22.2 Å². The first-order valence-electron chi connectivity index (χ1n) is 8.62. The fourth-order valence-corrected chi connectivity index (χ4v) is 2.60. The maximum atomic E-state index is 12.9. The number of nitriles is 1. The molecule has 0 atom stereocenters. The molecular weight excluding hydrogens is 322 g/mol. The molecule has 4 heteroatoms. The molecule has 0 saturated heterocycles. The van der Waals surface area contributed by atoms with E-state index in [0.29, 0.717) is 11.3 Å². The van der Waals surface area contributed by atoms with E-state index in [4.69, 9.17) is 5.26 Å². The van der Waals surface area contributed by atoms with Crippen molar-refractivity contribution in [2.75, 3.05) is 0 Å². The zero-order valence-corrected chi connectivity index (χ0v) is 16.3.